The van der Waals surface area contributed by atoms with Gasteiger partial charge >= 0.3 is 11.9 Å². The summed E-state index contributed by atoms with van der Waals surface area (Å²) in [5, 5.41) is 0. The second kappa shape index (κ2) is 7.09. The number of rotatable bonds is 4. The summed E-state index contributed by atoms with van der Waals surface area (Å²) in [4.78, 5) is 20.9. The van der Waals surface area contributed by atoms with Crippen LogP contribution in [-0.4, -0.2) is 18.5 Å². The van der Waals surface area contributed by atoms with Crippen LogP contribution in [0.3, 0.4) is 0 Å². The molecule has 0 heterocycles. The molecule has 0 aliphatic rings. The van der Waals surface area contributed by atoms with Crippen molar-refractivity contribution in [2.45, 2.75) is 13.8 Å². The number of hydrogen-bond donors (Lipinski definition) is 0. The average molecular weight is 184 g/mol. The quantitative estimate of drug-likeness (QED) is 0.285. The molecule has 0 N–H and O–H groups in total. The van der Waals surface area contributed by atoms with Gasteiger partial charge in [0.05, 0.1) is 12.9 Å². The van der Waals surface area contributed by atoms with Crippen molar-refractivity contribution in [3.8, 4) is 0 Å². The van der Waals surface area contributed by atoms with Crippen molar-refractivity contribution in [3.63, 3.8) is 0 Å². The smallest absolute Gasteiger partial charge is 0.330 e. The largest absolute Gasteiger partial charge is 0.463 e. The van der Waals surface area contributed by atoms with Crippen molar-refractivity contribution in [1.82, 2.24) is 0 Å². The van der Waals surface area contributed by atoms with Crippen LogP contribution < -0.4 is 0 Å². The van der Waals surface area contributed by atoms with Crippen LogP contribution in [0.15, 0.2) is 24.5 Å². The Kier molecular flexibility index (Phi) is 6.23. The van der Waals surface area contributed by atoms with Gasteiger partial charge in [-0.05, 0) is 13.0 Å². The standard InChI is InChI=1S/C9H12O4/c1-3-12-9(11)6-4-5-7-13-8(2)10/h4-7H,3H2,1-2H3/b6-4+,7-5+. The van der Waals surface area contributed by atoms with Crippen LogP contribution in [0.2, 0.25) is 0 Å². The van der Waals surface area contributed by atoms with Gasteiger partial charge in [0.25, 0.3) is 0 Å². The lowest BCUT2D eigenvalue weighted by Crippen LogP contribution is -1.98. The fraction of sp³-hybridized carbons (Fsp3) is 0.333. The lowest BCUT2D eigenvalue weighted by molar-refractivity contribution is -0.137. The molecule has 0 aromatic carbocycles. The van der Waals surface area contributed by atoms with E-state index in [1.54, 1.807) is 6.92 Å². The minimum Gasteiger partial charge on any atom is -0.463 e. The Morgan fingerprint density at radius 3 is 2.54 bits per heavy atom. The zero-order valence-corrected chi connectivity index (χ0v) is 7.65. The fourth-order valence-corrected chi connectivity index (χ4v) is 0.505. The highest BCUT2D eigenvalue weighted by Gasteiger charge is 1.90. The molecule has 0 aromatic rings. The number of hydrogen-bond acceptors (Lipinski definition) is 4. The van der Waals surface area contributed by atoms with E-state index in [1.165, 1.54) is 31.4 Å². The van der Waals surface area contributed by atoms with Crippen LogP contribution >= 0.6 is 0 Å². The number of ether oxygens (including phenoxy) is 2. The maximum absolute atomic E-state index is 10.7. The molecule has 4 heteroatoms. The molecule has 0 rings (SSSR count). The van der Waals surface area contributed by atoms with E-state index < -0.39 is 11.9 Å². The third kappa shape index (κ3) is 8.33. The third-order valence-corrected chi connectivity index (χ3v) is 0.943. The van der Waals surface area contributed by atoms with E-state index in [9.17, 15) is 9.59 Å². The van der Waals surface area contributed by atoms with Gasteiger partial charge in [0, 0.05) is 13.0 Å². The molecule has 0 radical (unpaired) electrons. The lowest BCUT2D eigenvalue weighted by atomic mass is 10.5. The van der Waals surface area contributed by atoms with E-state index >= 15 is 0 Å². The van der Waals surface area contributed by atoms with Gasteiger partial charge in [0.1, 0.15) is 0 Å². The highest BCUT2D eigenvalue weighted by molar-refractivity contribution is 5.82. The normalized spacial score (nSPS) is 10.6. The van der Waals surface area contributed by atoms with E-state index in [0.717, 1.165) is 0 Å². The van der Waals surface area contributed by atoms with Crippen molar-refractivity contribution in [2.24, 2.45) is 0 Å². The predicted molar refractivity (Wildman–Crippen MR) is 46.7 cm³/mol. The summed E-state index contributed by atoms with van der Waals surface area (Å²) in [5.74, 6) is -0.823. The van der Waals surface area contributed by atoms with Crippen molar-refractivity contribution in [2.75, 3.05) is 6.61 Å². The van der Waals surface area contributed by atoms with Crippen molar-refractivity contribution < 1.29 is 19.1 Å². The van der Waals surface area contributed by atoms with Gasteiger partial charge in [-0.25, -0.2) is 4.79 Å². The fourth-order valence-electron chi connectivity index (χ4n) is 0.505. The Morgan fingerprint density at radius 2 is 2.00 bits per heavy atom. The highest BCUT2D eigenvalue weighted by Crippen LogP contribution is 1.84. The maximum Gasteiger partial charge on any atom is 0.330 e. The molecule has 0 bridgehead atoms. The predicted octanol–water partition coefficient (Wildman–Crippen LogP) is 1.18. The van der Waals surface area contributed by atoms with E-state index in [0.29, 0.717) is 6.61 Å². The number of carbonyl (C=O) groups is 2. The second-order valence-electron chi connectivity index (χ2n) is 2.05. The van der Waals surface area contributed by atoms with Crippen molar-refractivity contribution >= 4 is 11.9 Å². The van der Waals surface area contributed by atoms with Gasteiger partial charge in [-0.2, -0.15) is 0 Å². The van der Waals surface area contributed by atoms with Gasteiger partial charge in [-0.3, -0.25) is 4.79 Å². The Morgan fingerprint density at radius 1 is 1.31 bits per heavy atom. The van der Waals surface area contributed by atoms with Crippen LogP contribution in [0, 0.1) is 0 Å². The number of allylic oxidation sites excluding steroid dienone is 2. The third-order valence-electron chi connectivity index (χ3n) is 0.943. The summed E-state index contributed by atoms with van der Waals surface area (Å²) in [5.41, 5.74) is 0. The first-order chi connectivity index (χ1) is 6.16. The second-order valence-corrected chi connectivity index (χ2v) is 2.05. The SMILES string of the molecule is CCOC(=O)/C=C/C=C/OC(C)=O. The monoisotopic (exact) mass is 184 g/mol. The number of esters is 2. The van der Waals surface area contributed by atoms with Gasteiger partial charge in [-0.15, -0.1) is 0 Å². The summed E-state index contributed by atoms with van der Waals surface area (Å²) >= 11 is 0. The summed E-state index contributed by atoms with van der Waals surface area (Å²) in [6, 6.07) is 0. The molecule has 72 valence electrons. The zero-order chi connectivity index (χ0) is 10.1. The van der Waals surface area contributed by atoms with E-state index in [-0.39, 0.29) is 0 Å². The first kappa shape index (κ1) is 11.4. The van der Waals surface area contributed by atoms with Crippen molar-refractivity contribution in [3.05, 3.63) is 24.5 Å². The first-order valence-electron chi connectivity index (χ1n) is 3.84. The Bertz CT molecular complexity index is 228. The molecule has 0 unspecified atom stereocenters. The molecule has 0 fully saturated rings. The topological polar surface area (TPSA) is 52.6 Å². The highest BCUT2D eigenvalue weighted by atomic mass is 16.5. The van der Waals surface area contributed by atoms with Gasteiger partial charge in [-0.1, -0.05) is 6.08 Å². The van der Waals surface area contributed by atoms with Crippen LogP contribution in [0.25, 0.3) is 0 Å². The molecule has 0 saturated carbocycles. The molecule has 0 aliphatic carbocycles. The van der Waals surface area contributed by atoms with Crippen molar-refractivity contribution in [1.29, 1.82) is 0 Å². The van der Waals surface area contributed by atoms with Crippen LogP contribution in [-0.2, 0) is 19.1 Å². The average Bonchev–Trinajstić information content (AvgIpc) is 2.03. The summed E-state index contributed by atoms with van der Waals surface area (Å²) in [7, 11) is 0. The molecule has 0 saturated heterocycles. The molecular formula is C9H12O4. The molecule has 0 spiro atoms. The van der Waals surface area contributed by atoms with Gasteiger partial charge < -0.3 is 9.47 Å². The van der Waals surface area contributed by atoms with E-state index in [2.05, 4.69) is 9.47 Å². The molecule has 0 aromatic heterocycles. The molecule has 13 heavy (non-hydrogen) atoms. The molecular weight excluding hydrogens is 172 g/mol. The van der Waals surface area contributed by atoms with Crippen LogP contribution in [0.1, 0.15) is 13.8 Å². The van der Waals surface area contributed by atoms with Crippen LogP contribution in [0.4, 0.5) is 0 Å². The van der Waals surface area contributed by atoms with Gasteiger partial charge in [0.2, 0.25) is 0 Å². The lowest BCUT2D eigenvalue weighted by Gasteiger charge is -1.92. The van der Waals surface area contributed by atoms with Crippen LogP contribution in [0.5, 0.6) is 0 Å². The molecule has 4 nitrogen and oxygen atoms in total. The minimum absolute atomic E-state index is 0.344. The first-order valence-corrected chi connectivity index (χ1v) is 3.84. The Hall–Kier alpha value is -1.58. The minimum atomic E-state index is -0.421. The molecule has 0 amide bonds. The molecule has 0 aliphatic heterocycles. The van der Waals surface area contributed by atoms with Gasteiger partial charge in [0.15, 0.2) is 0 Å². The van der Waals surface area contributed by atoms with E-state index in [1.807, 2.05) is 0 Å². The summed E-state index contributed by atoms with van der Waals surface area (Å²) in [6.07, 6.45) is 5.29. The Labute approximate surface area is 76.8 Å². The number of carbonyl (C=O) groups excluding carboxylic acids is 2. The van der Waals surface area contributed by atoms with E-state index in [4.69, 9.17) is 0 Å². The molecule has 0 atom stereocenters. The summed E-state index contributed by atoms with van der Waals surface area (Å²) in [6.45, 7) is 3.36. The Balaban J connectivity index is 3.67. The summed E-state index contributed by atoms with van der Waals surface area (Å²) < 4.78 is 9.06. The zero-order valence-electron chi connectivity index (χ0n) is 7.65. The maximum atomic E-state index is 10.7.